The van der Waals surface area contributed by atoms with Crippen molar-refractivity contribution in [1.29, 1.82) is 0 Å². The average Bonchev–Trinajstić information content (AvgIpc) is 3.06. The topological polar surface area (TPSA) is 70.8 Å². The van der Waals surface area contributed by atoms with E-state index in [1.165, 1.54) is 26.9 Å². The molecule has 0 saturated heterocycles. The van der Waals surface area contributed by atoms with Crippen molar-refractivity contribution in [2.75, 3.05) is 20.8 Å². The summed E-state index contributed by atoms with van der Waals surface area (Å²) >= 11 is 0. The zero-order valence-corrected chi connectivity index (χ0v) is 12.4. The minimum absolute atomic E-state index is 0.294. The number of methoxy groups -OCH3 is 2. The molecule has 0 fully saturated rings. The number of ether oxygens (including phenoxy) is 3. The third-order valence-corrected chi connectivity index (χ3v) is 2.92. The number of nitrogens with zero attached hydrogens (tertiary/aromatic N) is 1. The van der Waals surface area contributed by atoms with Gasteiger partial charge in [0.2, 0.25) is 0 Å². The van der Waals surface area contributed by atoms with Gasteiger partial charge in [-0.2, -0.15) is 0 Å². The van der Waals surface area contributed by atoms with Crippen LogP contribution in [0.25, 0.3) is 5.57 Å². The van der Waals surface area contributed by atoms with Crippen molar-refractivity contribution in [3.63, 3.8) is 0 Å². The van der Waals surface area contributed by atoms with Crippen molar-refractivity contribution < 1.29 is 23.4 Å². The van der Waals surface area contributed by atoms with Gasteiger partial charge in [0, 0.05) is 12.0 Å². The summed E-state index contributed by atoms with van der Waals surface area (Å²) in [6.07, 6.45) is 4.89. The Morgan fingerprint density at radius 2 is 2.14 bits per heavy atom. The number of hydrogen-bond donors (Lipinski definition) is 0. The third kappa shape index (κ3) is 3.88. The second-order valence-corrected chi connectivity index (χ2v) is 4.33. The van der Waals surface area contributed by atoms with E-state index in [1.807, 2.05) is 12.1 Å². The van der Waals surface area contributed by atoms with E-state index in [-0.39, 0.29) is 0 Å². The number of carbonyl (C=O) groups is 1. The summed E-state index contributed by atoms with van der Waals surface area (Å²) in [6, 6.07) is 7.20. The van der Waals surface area contributed by atoms with Crippen LogP contribution >= 0.6 is 0 Å². The molecule has 0 amide bonds. The molecule has 0 saturated carbocycles. The Kier molecular flexibility index (Phi) is 5.59. The molecule has 0 N–H and O–H groups in total. The predicted octanol–water partition coefficient (Wildman–Crippen LogP) is 2.46. The van der Waals surface area contributed by atoms with Gasteiger partial charge < -0.3 is 18.6 Å². The quantitative estimate of drug-likeness (QED) is 0.444. The van der Waals surface area contributed by atoms with Crippen molar-refractivity contribution >= 4 is 11.5 Å². The van der Waals surface area contributed by atoms with Crippen LogP contribution < -0.4 is 4.74 Å². The highest BCUT2D eigenvalue weighted by atomic mass is 16.5. The SMILES string of the molecule is CO/C=C(/C(=O)OC)c1ccccc1OCCc1cocn1. The Labute approximate surface area is 128 Å². The number of para-hydroxylation sites is 1. The lowest BCUT2D eigenvalue weighted by Gasteiger charge is -2.12. The summed E-state index contributed by atoms with van der Waals surface area (Å²) in [4.78, 5) is 15.9. The lowest BCUT2D eigenvalue weighted by molar-refractivity contribution is -0.133. The van der Waals surface area contributed by atoms with Crippen LogP contribution in [0.15, 0.2) is 47.6 Å². The number of rotatable bonds is 7. The fraction of sp³-hybridized carbons (Fsp3) is 0.250. The summed E-state index contributed by atoms with van der Waals surface area (Å²) in [5, 5.41) is 0. The van der Waals surface area contributed by atoms with Crippen molar-refractivity contribution in [3.8, 4) is 5.75 Å². The molecule has 116 valence electrons. The zero-order chi connectivity index (χ0) is 15.8. The molecule has 6 nitrogen and oxygen atoms in total. The largest absolute Gasteiger partial charge is 0.503 e. The molecule has 2 aromatic rings. The molecule has 0 aliphatic heterocycles. The van der Waals surface area contributed by atoms with Gasteiger partial charge in [0.05, 0.1) is 32.8 Å². The Hall–Kier alpha value is -2.76. The van der Waals surface area contributed by atoms with Crippen molar-refractivity contribution in [2.24, 2.45) is 0 Å². The summed E-state index contributed by atoms with van der Waals surface area (Å²) in [7, 11) is 2.79. The Morgan fingerprint density at radius 1 is 1.32 bits per heavy atom. The predicted molar refractivity (Wildman–Crippen MR) is 79.1 cm³/mol. The second kappa shape index (κ2) is 7.87. The maximum Gasteiger partial charge on any atom is 0.341 e. The highest BCUT2D eigenvalue weighted by Gasteiger charge is 2.17. The summed E-state index contributed by atoms with van der Waals surface area (Å²) in [5.74, 6) is 0.0779. The van der Waals surface area contributed by atoms with Crippen LogP contribution in [0.5, 0.6) is 5.75 Å². The maximum absolute atomic E-state index is 11.9. The molecule has 0 radical (unpaired) electrons. The molecular formula is C16H17NO5. The monoisotopic (exact) mass is 303 g/mol. The number of oxazole rings is 1. The van der Waals surface area contributed by atoms with Gasteiger partial charge in [-0.25, -0.2) is 9.78 Å². The van der Waals surface area contributed by atoms with Crippen LogP contribution in [0.1, 0.15) is 11.3 Å². The van der Waals surface area contributed by atoms with Crippen LogP contribution in [0.4, 0.5) is 0 Å². The van der Waals surface area contributed by atoms with Gasteiger partial charge in [-0.05, 0) is 6.07 Å². The van der Waals surface area contributed by atoms with Crippen LogP contribution in [0, 0.1) is 0 Å². The van der Waals surface area contributed by atoms with Gasteiger partial charge in [0.1, 0.15) is 17.6 Å². The van der Waals surface area contributed by atoms with Gasteiger partial charge in [-0.15, -0.1) is 0 Å². The fourth-order valence-corrected chi connectivity index (χ4v) is 1.89. The third-order valence-electron chi connectivity index (χ3n) is 2.92. The standard InChI is InChI=1S/C16H17NO5/c1-19-10-14(16(18)20-2)13-5-3-4-6-15(13)22-8-7-12-9-21-11-17-12/h3-6,9-11H,7-8H2,1-2H3/b14-10+. The van der Waals surface area contributed by atoms with E-state index in [0.717, 1.165) is 5.69 Å². The van der Waals surface area contributed by atoms with E-state index in [2.05, 4.69) is 4.98 Å². The van der Waals surface area contributed by atoms with Crippen molar-refractivity contribution in [1.82, 2.24) is 4.98 Å². The molecule has 0 aliphatic carbocycles. The van der Waals surface area contributed by atoms with Crippen LogP contribution in [0.2, 0.25) is 0 Å². The first kappa shape index (κ1) is 15.6. The molecule has 1 aromatic carbocycles. The normalized spacial score (nSPS) is 11.1. The van der Waals surface area contributed by atoms with E-state index < -0.39 is 5.97 Å². The first-order chi connectivity index (χ1) is 10.8. The molecule has 1 aromatic heterocycles. The van der Waals surface area contributed by atoms with Gasteiger partial charge >= 0.3 is 5.97 Å². The molecule has 0 spiro atoms. The molecule has 0 unspecified atom stereocenters. The molecule has 0 atom stereocenters. The molecule has 0 aliphatic rings. The molecular weight excluding hydrogens is 286 g/mol. The van der Waals surface area contributed by atoms with E-state index >= 15 is 0 Å². The number of esters is 1. The minimum atomic E-state index is -0.491. The zero-order valence-electron chi connectivity index (χ0n) is 12.4. The lowest BCUT2D eigenvalue weighted by atomic mass is 10.1. The molecule has 6 heteroatoms. The van der Waals surface area contributed by atoms with Crippen molar-refractivity contribution in [2.45, 2.75) is 6.42 Å². The smallest absolute Gasteiger partial charge is 0.341 e. The van der Waals surface area contributed by atoms with Gasteiger partial charge in [-0.3, -0.25) is 0 Å². The van der Waals surface area contributed by atoms with Crippen LogP contribution in [0.3, 0.4) is 0 Å². The van der Waals surface area contributed by atoms with E-state index in [4.69, 9.17) is 18.6 Å². The minimum Gasteiger partial charge on any atom is -0.503 e. The number of hydrogen-bond acceptors (Lipinski definition) is 6. The van der Waals surface area contributed by atoms with Gasteiger partial charge in [0.25, 0.3) is 0 Å². The maximum atomic E-state index is 11.9. The molecule has 2 rings (SSSR count). The molecule has 22 heavy (non-hydrogen) atoms. The van der Waals surface area contributed by atoms with Crippen molar-refractivity contribution in [3.05, 3.63) is 54.4 Å². The lowest BCUT2D eigenvalue weighted by Crippen LogP contribution is -2.08. The first-order valence-electron chi connectivity index (χ1n) is 6.66. The number of aromatic nitrogens is 1. The second-order valence-electron chi connectivity index (χ2n) is 4.33. The van der Waals surface area contributed by atoms with Crippen LogP contribution in [-0.4, -0.2) is 31.8 Å². The van der Waals surface area contributed by atoms with Gasteiger partial charge in [-0.1, -0.05) is 18.2 Å². The summed E-state index contributed by atoms with van der Waals surface area (Å²) in [6.45, 7) is 0.408. The summed E-state index contributed by atoms with van der Waals surface area (Å²) in [5.41, 5.74) is 1.71. The molecule has 0 bridgehead atoms. The fourth-order valence-electron chi connectivity index (χ4n) is 1.89. The Morgan fingerprint density at radius 3 is 2.82 bits per heavy atom. The Bertz CT molecular complexity index is 634. The van der Waals surface area contributed by atoms with Crippen LogP contribution in [-0.2, 0) is 20.7 Å². The summed E-state index contributed by atoms with van der Waals surface area (Å²) < 4.78 is 20.4. The highest BCUT2D eigenvalue weighted by molar-refractivity contribution is 6.16. The molecule has 1 heterocycles. The first-order valence-corrected chi connectivity index (χ1v) is 6.66. The van der Waals surface area contributed by atoms with Gasteiger partial charge in [0.15, 0.2) is 6.39 Å². The van der Waals surface area contributed by atoms with E-state index in [9.17, 15) is 4.79 Å². The average molecular weight is 303 g/mol. The highest BCUT2D eigenvalue weighted by Crippen LogP contribution is 2.27. The number of carbonyl (C=O) groups excluding carboxylic acids is 1. The van der Waals surface area contributed by atoms with E-state index in [0.29, 0.717) is 29.9 Å². The number of benzene rings is 1. The Balaban J connectivity index is 2.14. The van der Waals surface area contributed by atoms with E-state index in [1.54, 1.807) is 18.4 Å².